The van der Waals surface area contributed by atoms with E-state index in [9.17, 15) is 26.4 Å². The zero-order valence-electron chi connectivity index (χ0n) is 14.6. The van der Waals surface area contributed by atoms with Crippen molar-refractivity contribution in [3.63, 3.8) is 0 Å². The zero-order valence-corrected chi connectivity index (χ0v) is 16.2. The summed E-state index contributed by atoms with van der Waals surface area (Å²) in [6, 6.07) is 4.16. The SMILES string of the molecule is CCCCC(=O)N=C1S[C@@H]2CS(=O)(=O)C[C@@H]2N1c1cccc(C(F)(F)F)c1. The maximum atomic E-state index is 13.1. The van der Waals surface area contributed by atoms with Gasteiger partial charge in [0, 0.05) is 17.4 Å². The first kappa shape index (κ1) is 20.2. The lowest BCUT2D eigenvalue weighted by Gasteiger charge is -2.25. The molecular formula is C17H19F3N2O3S2. The summed E-state index contributed by atoms with van der Waals surface area (Å²) < 4.78 is 63.2. The molecule has 1 amide bonds. The van der Waals surface area contributed by atoms with E-state index in [1.54, 1.807) is 0 Å². The number of benzene rings is 1. The van der Waals surface area contributed by atoms with Gasteiger partial charge in [-0.05, 0) is 24.6 Å². The van der Waals surface area contributed by atoms with Crippen molar-refractivity contribution >= 4 is 38.4 Å². The predicted molar refractivity (Wildman–Crippen MR) is 99.7 cm³/mol. The van der Waals surface area contributed by atoms with Gasteiger partial charge in [0.25, 0.3) is 0 Å². The average molecular weight is 420 g/mol. The molecule has 27 heavy (non-hydrogen) atoms. The zero-order chi connectivity index (χ0) is 19.8. The minimum Gasteiger partial charge on any atom is -0.316 e. The summed E-state index contributed by atoms with van der Waals surface area (Å²) in [6.45, 7) is 1.94. The monoisotopic (exact) mass is 420 g/mol. The molecule has 0 N–H and O–H groups in total. The Kier molecular flexibility index (Phi) is 5.58. The first-order valence-electron chi connectivity index (χ1n) is 8.56. The van der Waals surface area contributed by atoms with Crippen LogP contribution in [0.5, 0.6) is 0 Å². The van der Waals surface area contributed by atoms with Gasteiger partial charge in [-0.1, -0.05) is 31.2 Å². The molecule has 10 heteroatoms. The van der Waals surface area contributed by atoms with Crippen LogP contribution in [0.25, 0.3) is 0 Å². The van der Waals surface area contributed by atoms with Crippen molar-refractivity contribution in [3.8, 4) is 0 Å². The van der Waals surface area contributed by atoms with Gasteiger partial charge >= 0.3 is 6.18 Å². The quantitative estimate of drug-likeness (QED) is 0.746. The number of halogens is 3. The molecule has 3 rings (SSSR count). The molecule has 2 saturated heterocycles. The van der Waals surface area contributed by atoms with E-state index in [0.29, 0.717) is 6.42 Å². The van der Waals surface area contributed by atoms with Crippen LogP contribution in [0, 0.1) is 0 Å². The summed E-state index contributed by atoms with van der Waals surface area (Å²) in [7, 11) is -3.28. The standard InChI is InChI=1S/C17H19F3N2O3S2/c1-2-3-7-15(23)21-16-22(13-9-27(24,25)10-14(13)26-16)12-6-4-5-11(8-12)17(18,19)20/h4-6,8,13-14H,2-3,7,9-10H2,1H3/t13-,14+/m0/s1. The molecule has 0 saturated carbocycles. The fourth-order valence-electron chi connectivity index (χ4n) is 3.19. The normalized spacial score (nSPS) is 25.8. The Morgan fingerprint density at radius 1 is 1.33 bits per heavy atom. The Labute approximate surface area is 159 Å². The van der Waals surface area contributed by atoms with Crippen LogP contribution in [-0.2, 0) is 20.8 Å². The smallest absolute Gasteiger partial charge is 0.316 e. The molecule has 0 radical (unpaired) electrons. The fourth-order valence-corrected chi connectivity index (χ4v) is 7.12. The van der Waals surface area contributed by atoms with Crippen molar-refractivity contribution in [1.29, 1.82) is 0 Å². The first-order valence-corrected chi connectivity index (χ1v) is 11.3. The number of unbranched alkanes of at least 4 members (excludes halogenated alkanes) is 1. The van der Waals surface area contributed by atoms with Crippen LogP contribution < -0.4 is 4.90 Å². The van der Waals surface area contributed by atoms with Gasteiger partial charge < -0.3 is 4.90 Å². The number of amides is 1. The number of amidine groups is 1. The highest BCUT2D eigenvalue weighted by atomic mass is 32.2. The molecule has 2 heterocycles. The summed E-state index contributed by atoms with van der Waals surface area (Å²) in [4.78, 5) is 17.7. The second-order valence-corrected chi connectivity index (χ2v) is 9.97. The highest BCUT2D eigenvalue weighted by molar-refractivity contribution is 8.16. The van der Waals surface area contributed by atoms with E-state index in [1.807, 2.05) is 6.92 Å². The van der Waals surface area contributed by atoms with Gasteiger partial charge in [0.1, 0.15) is 0 Å². The number of rotatable bonds is 4. The maximum absolute atomic E-state index is 13.1. The van der Waals surface area contributed by atoms with Crippen LogP contribution in [0.4, 0.5) is 18.9 Å². The summed E-state index contributed by atoms with van der Waals surface area (Å²) >= 11 is 1.16. The van der Waals surface area contributed by atoms with Gasteiger partial charge in [0.05, 0.1) is 23.1 Å². The van der Waals surface area contributed by atoms with Crippen LogP contribution in [0.2, 0.25) is 0 Å². The van der Waals surface area contributed by atoms with Gasteiger partial charge in [0.15, 0.2) is 15.0 Å². The lowest BCUT2D eigenvalue weighted by atomic mass is 10.1. The second-order valence-electron chi connectivity index (χ2n) is 6.61. The molecule has 5 nitrogen and oxygen atoms in total. The van der Waals surface area contributed by atoms with Crippen LogP contribution in [0.1, 0.15) is 31.7 Å². The summed E-state index contributed by atoms with van der Waals surface area (Å²) in [5, 5.41) is -0.0670. The van der Waals surface area contributed by atoms with Gasteiger partial charge in [-0.15, -0.1) is 0 Å². The second kappa shape index (κ2) is 7.46. The topological polar surface area (TPSA) is 66.8 Å². The van der Waals surface area contributed by atoms with Gasteiger partial charge in [-0.3, -0.25) is 4.79 Å². The number of fused-ring (bicyclic) bond motifs is 1. The Balaban J connectivity index is 1.98. The number of hydrogen-bond donors (Lipinski definition) is 0. The first-order chi connectivity index (χ1) is 12.6. The number of carbonyl (C=O) groups excluding carboxylic acids is 1. The van der Waals surface area contributed by atoms with Crippen molar-refractivity contribution in [2.24, 2.45) is 4.99 Å². The van der Waals surface area contributed by atoms with E-state index in [0.717, 1.165) is 30.3 Å². The van der Waals surface area contributed by atoms with Crippen LogP contribution >= 0.6 is 11.8 Å². The summed E-state index contributed by atoms with van der Waals surface area (Å²) in [6.07, 6.45) is -2.77. The van der Waals surface area contributed by atoms with Crippen LogP contribution in [-0.4, -0.2) is 42.3 Å². The highest BCUT2D eigenvalue weighted by Crippen LogP contribution is 2.42. The molecule has 0 aliphatic carbocycles. The molecule has 0 spiro atoms. The molecule has 2 aliphatic heterocycles. The lowest BCUT2D eigenvalue weighted by Crippen LogP contribution is -2.37. The third-order valence-corrected chi connectivity index (χ3v) is 7.69. The molecule has 2 aliphatic rings. The third kappa shape index (κ3) is 4.48. The van der Waals surface area contributed by atoms with E-state index in [4.69, 9.17) is 0 Å². The largest absolute Gasteiger partial charge is 0.416 e. The molecule has 2 fully saturated rings. The van der Waals surface area contributed by atoms with Crippen molar-refractivity contribution < 1.29 is 26.4 Å². The molecule has 148 valence electrons. The van der Waals surface area contributed by atoms with Crippen LogP contribution in [0.3, 0.4) is 0 Å². The molecule has 2 atom stereocenters. The molecule has 0 bridgehead atoms. The average Bonchev–Trinajstić information content (AvgIpc) is 3.03. The Hall–Kier alpha value is -1.55. The van der Waals surface area contributed by atoms with E-state index >= 15 is 0 Å². The molecule has 0 aromatic heterocycles. The number of nitrogens with zero attached hydrogens (tertiary/aromatic N) is 2. The predicted octanol–water partition coefficient (Wildman–Crippen LogP) is 3.50. The lowest BCUT2D eigenvalue weighted by molar-refractivity contribution is -0.137. The van der Waals surface area contributed by atoms with Crippen LogP contribution in [0.15, 0.2) is 29.3 Å². The van der Waals surface area contributed by atoms with Crippen molar-refractivity contribution in [3.05, 3.63) is 29.8 Å². The molecular weight excluding hydrogens is 401 g/mol. The number of sulfone groups is 1. The van der Waals surface area contributed by atoms with Gasteiger partial charge in [-0.2, -0.15) is 18.2 Å². The third-order valence-electron chi connectivity index (χ3n) is 4.48. The minimum atomic E-state index is -4.52. The van der Waals surface area contributed by atoms with Crippen molar-refractivity contribution in [1.82, 2.24) is 0 Å². The maximum Gasteiger partial charge on any atom is 0.416 e. The highest BCUT2D eigenvalue weighted by Gasteiger charge is 2.49. The molecule has 0 unspecified atom stereocenters. The number of alkyl halides is 3. The van der Waals surface area contributed by atoms with E-state index in [2.05, 4.69) is 4.99 Å². The number of thioether (sulfide) groups is 1. The number of aliphatic imine (C=N–C) groups is 1. The van der Waals surface area contributed by atoms with Crippen molar-refractivity contribution in [2.45, 2.75) is 43.7 Å². The summed E-state index contributed by atoms with van der Waals surface area (Å²) in [5.74, 6) is -0.581. The molecule has 1 aromatic rings. The van der Waals surface area contributed by atoms with E-state index in [-0.39, 0.29) is 39.9 Å². The Morgan fingerprint density at radius 3 is 2.74 bits per heavy atom. The number of carbonyl (C=O) groups is 1. The molecule has 1 aromatic carbocycles. The number of hydrogen-bond acceptors (Lipinski definition) is 4. The van der Waals surface area contributed by atoms with E-state index in [1.165, 1.54) is 17.0 Å². The van der Waals surface area contributed by atoms with E-state index < -0.39 is 27.6 Å². The number of anilines is 1. The van der Waals surface area contributed by atoms with Gasteiger partial charge in [0.2, 0.25) is 5.91 Å². The Morgan fingerprint density at radius 2 is 2.07 bits per heavy atom. The summed E-state index contributed by atoms with van der Waals surface area (Å²) in [5.41, 5.74) is -0.630. The van der Waals surface area contributed by atoms with Gasteiger partial charge in [-0.25, -0.2) is 8.42 Å². The Bertz CT molecular complexity index is 868. The van der Waals surface area contributed by atoms with Crippen molar-refractivity contribution in [2.75, 3.05) is 16.4 Å². The minimum absolute atomic E-state index is 0.0695. The fraction of sp³-hybridized carbons (Fsp3) is 0.529.